The first kappa shape index (κ1) is 14.1. The van der Waals surface area contributed by atoms with Gasteiger partial charge in [0.15, 0.2) is 0 Å². The van der Waals surface area contributed by atoms with E-state index in [1.807, 2.05) is 43.5 Å². The van der Waals surface area contributed by atoms with Crippen LogP contribution in [-0.4, -0.2) is 34.1 Å². The fourth-order valence-corrected chi connectivity index (χ4v) is 1.78. The molecule has 0 atom stereocenters. The minimum absolute atomic E-state index is 0.0590. The number of aryl methyl sites for hydroxylation is 1. The Labute approximate surface area is 117 Å². The van der Waals surface area contributed by atoms with Gasteiger partial charge in [-0.3, -0.25) is 0 Å². The van der Waals surface area contributed by atoms with Crippen LogP contribution in [0.25, 0.3) is 5.69 Å². The molecule has 2 amide bonds. The Kier molecular flexibility index (Phi) is 4.73. The summed E-state index contributed by atoms with van der Waals surface area (Å²) >= 11 is 0. The van der Waals surface area contributed by atoms with Crippen LogP contribution in [0.2, 0.25) is 0 Å². The van der Waals surface area contributed by atoms with Crippen LogP contribution in [-0.2, 0) is 0 Å². The minimum atomic E-state index is -0.297. The molecule has 0 aliphatic rings. The zero-order valence-electron chi connectivity index (χ0n) is 11.3. The van der Waals surface area contributed by atoms with Crippen LogP contribution in [0, 0.1) is 6.92 Å². The second kappa shape index (κ2) is 6.72. The lowest BCUT2D eigenvalue weighted by Gasteiger charge is -2.11. The number of rotatable bonds is 5. The number of carbonyl (C=O) groups excluding carboxylic acids is 1. The third kappa shape index (κ3) is 3.58. The molecule has 1 heterocycles. The predicted molar refractivity (Wildman–Crippen MR) is 77.0 cm³/mol. The minimum Gasteiger partial charge on any atom is -0.396 e. The van der Waals surface area contributed by atoms with Crippen molar-refractivity contribution >= 4 is 11.7 Å². The van der Waals surface area contributed by atoms with E-state index < -0.39 is 0 Å². The topological polar surface area (TPSA) is 79.2 Å². The number of anilines is 1. The molecular weight excluding hydrogens is 256 g/mol. The van der Waals surface area contributed by atoms with Crippen LogP contribution in [0.3, 0.4) is 0 Å². The van der Waals surface area contributed by atoms with Crippen molar-refractivity contribution in [1.29, 1.82) is 0 Å². The summed E-state index contributed by atoms with van der Waals surface area (Å²) in [7, 11) is 0. The van der Waals surface area contributed by atoms with Crippen molar-refractivity contribution in [3.05, 3.63) is 42.2 Å². The second-order valence-electron chi connectivity index (χ2n) is 4.38. The number of urea groups is 1. The number of aromatic nitrogens is 2. The van der Waals surface area contributed by atoms with Gasteiger partial charge in [0.05, 0.1) is 17.1 Å². The van der Waals surface area contributed by atoms with Crippen LogP contribution in [0.4, 0.5) is 10.5 Å². The van der Waals surface area contributed by atoms with Gasteiger partial charge in [-0.15, -0.1) is 0 Å². The Hall–Kier alpha value is -2.34. The smallest absolute Gasteiger partial charge is 0.319 e. The molecule has 0 unspecified atom stereocenters. The Morgan fingerprint density at radius 3 is 2.85 bits per heavy atom. The van der Waals surface area contributed by atoms with Crippen LogP contribution >= 0.6 is 0 Å². The monoisotopic (exact) mass is 274 g/mol. The zero-order valence-corrected chi connectivity index (χ0v) is 11.3. The molecule has 6 nitrogen and oxygen atoms in total. The average Bonchev–Trinajstić information content (AvgIpc) is 2.86. The van der Waals surface area contributed by atoms with Gasteiger partial charge in [0.25, 0.3) is 0 Å². The van der Waals surface area contributed by atoms with Crippen LogP contribution in [0.5, 0.6) is 0 Å². The van der Waals surface area contributed by atoms with Crippen molar-refractivity contribution in [2.75, 3.05) is 18.5 Å². The van der Waals surface area contributed by atoms with E-state index in [1.165, 1.54) is 0 Å². The number of hydrogen-bond acceptors (Lipinski definition) is 3. The van der Waals surface area contributed by atoms with Crippen LogP contribution in [0.15, 0.2) is 36.5 Å². The highest BCUT2D eigenvalue weighted by atomic mass is 16.3. The molecule has 0 aliphatic heterocycles. The Morgan fingerprint density at radius 2 is 2.15 bits per heavy atom. The Balaban J connectivity index is 2.10. The van der Waals surface area contributed by atoms with Crippen LogP contribution < -0.4 is 10.6 Å². The number of hydrogen-bond donors (Lipinski definition) is 3. The maximum atomic E-state index is 11.7. The highest BCUT2D eigenvalue weighted by Crippen LogP contribution is 2.19. The lowest BCUT2D eigenvalue weighted by molar-refractivity contribution is 0.249. The standard InChI is InChI=1S/C14H18N4O2/c1-11-7-9-18(17-11)13-6-3-2-5-12(13)16-14(20)15-8-4-10-19/h2-3,5-7,9,19H,4,8,10H2,1H3,(H2,15,16,20). The lowest BCUT2D eigenvalue weighted by Crippen LogP contribution is -2.30. The zero-order chi connectivity index (χ0) is 14.4. The number of para-hydroxylation sites is 2. The van der Waals surface area contributed by atoms with E-state index >= 15 is 0 Å². The molecule has 0 radical (unpaired) electrons. The summed E-state index contributed by atoms with van der Waals surface area (Å²) in [5, 5.41) is 18.5. The number of aliphatic hydroxyl groups is 1. The van der Waals surface area contributed by atoms with Gasteiger partial charge >= 0.3 is 6.03 Å². The lowest BCUT2D eigenvalue weighted by atomic mass is 10.2. The van der Waals surface area contributed by atoms with Crippen molar-refractivity contribution < 1.29 is 9.90 Å². The number of benzene rings is 1. The molecule has 20 heavy (non-hydrogen) atoms. The number of aliphatic hydroxyl groups excluding tert-OH is 1. The predicted octanol–water partition coefficient (Wildman–Crippen LogP) is 1.68. The highest BCUT2D eigenvalue weighted by Gasteiger charge is 2.08. The Morgan fingerprint density at radius 1 is 1.35 bits per heavy atom. The summed E-state index contributed by atoms with van der Waals surface area (Å²) in [4.78, 5) is 11.7. The van der Waals surface area contributed by atoms with Crippen LogP contribution in [0.1, 0.15) is 12.1 Å². The fraction of sp³-hybridized carbons (Fsp3) is 0.286. The van der Waals surface area contributed by atoms with Gasteiger partial charge in [-0.2, -0.15) is 5.10 Å². The van der Waals surface area contributed by atoms with Crippen molar-refractivity contribution in [1.82, 2.24) is 15.1 Å². The largest absolute Gasteiger partial charge is 0.396 e. The van der Waals surface area contributed by atoms with Gasteiger partial charge < -0.3 is 15.7 Å². The van der Waals surface area contributed by atoms with E-state index in [-0.39, 0.29) is 12.6 Å². The molecule has 0 aliphatic carbocycles. The highest BCUT2D eigenvalue weighted by molar-refractivity contribution is 5.91. The van der Waals surface area contributed by atoms with E-state index in [9.17, 15) is 4.79 Å². The molecular formula is C14H18N4O2. The number of nitrogens with one attached hydrogen (secondary N) is 2. The first-order valence-corrected chi connectivity index (χ1v) is 6.48. The molecule has 0 spiro atoms. The molecule has 2 rings (SSSR count). The average molecular weight is 274 g/mol. The fourth-order valence-electron chi connectivity index (χ4n) is 1.78. The van der Waals surface area contributed by atoms with E-state index in [4.69, 9.17) is 5.11 Å². The maximum absolute atomic E-state index is 11.7. The number of nitrogens with zero attached hydrogens (tertiary/aromatic N) is 2. The second-order valence-corrected chi connectivity index (χ2v) is 4.38. The normalized spacial score (nSPS) is 10.3. The Bertz CT molecular complexity index is 580. The van der Waals surface area contributed by atoms with E-state index in [0.29, 0.717) is 18.7 Å². The SMILES string of the molecule is Cc1ccn(-c2ccccc2NC(=O)NCCCO)n1. The molecule has 3 N–H and O–H groups in total. The van der Waals surface area contributed by atoms with E-state index in [1.54, 1.807) is 4.68 Å². The summed E-state index contributed by atoms with van der Waals surface area (Å²) in [6.45, 7) is 2.41. The molecule has 0 bridgehead atoms. The quantitative estimate of drug-likeness (QED) is 0.726. The summed E-state index contributed by atoms with van der Waals surface area (Å²) in [5.41, 5.74) is 2.39. The van der Waals surface area contributed by atoms with Gasteiger partial charge in [0.2, 0.25) is 0 Å². The van der Waals surface area contributed by atoms with Gasteiger partial charge in [-0.05, 0) is 31.5 Å². The maximum Gasteiger partial charge on any atom is 0.319 e. The molecule has 0 fully saturated rings. The first-order chi connectivity index (χ1) is 9.70. The summed E-state index contributed by atoms with van der Waals surface area (Å²) in [6.07, 6.45) is 2.38. The molecule has 106 valence electrons. The molecule has 1 aromatic heterocycles. The molecule has 1 aromatic carbocycles. The van der Waals surface area contributed by atoms with Gasteiger partial charge in [0, 0.05) is 19.3 Å². The number of carbonyl (C=O) groups is 1. The van der Waals surface area contributed by atoms with Crippen molar-refractivity contribution in [2.24, 2.45) is 0 Å². The molecule has 0 saturated heterocycles. The summed E-state index contributed by atoms with van der Waals surface area (Å²) in [6, 6.07) is 9.05. The first-order valence-electron chi connectivity index (χ1n) is 6.48. The molecule has 2 aromatic rings. The third-order valence-electron chi connectivity index (χ3n) is 2.74. The molecule has 6 heteroatoms. The summed E-state index contributed by atoms with van der Waals surface area (Å²) < 4.78 is 1.72. The number of amides is 2. The van der Waals surface area contributed by atoms with Crippen molar-refractivity contribution in [3.63, 3.8) is 0 Å². The van der Waals surface area contributed by atoms with Crippen molar-refractivity contribution in [3.8, 4) is 5.69 Å². The van der Waals surface area contributed by atoms with Crippen molar-refractivity contribution in [2.45, 2.75) is 13.3 Å². The summed E-state index contributed by atoms with van der Waals surface area (Å²) in [5.74, 6) is 0. The van der Waals surface area contributed by atoms with Gasteiger partial charge in [-0.1, -0.05) is 12.1 Å². The van der Waals surface area contributed by atoms with E-state index in [0.717, 1.165) is 11.4 Å². The third-order valence-corrected chi connectivity index (χ3v) is 2.74. The van der Waals surface area contributed by atoms with E-state index in [2.05, 4.69) is 15.7 Å². The van der Waals surface area contributed by atoms with Gasteiger partial charge in [-0.25, -0.2) is 9.48 Å². The molecule has 0 saturated carbocycles. The van der Waals surface area contributed by atoms with Gasteiger partial charge in [0.1, 0.15) is 0 Å².